The van der Waals surface area contributed by atoms with Crippen LogP contribution in [0.25, 0.3) is 0 Å². The number of carbonyl (C=O) groups is 2. The van der Waals surface area contributed by atoms with E-state index < -0.39 is 11.7 Å². The fourth-order valence-corrected chi connectivity index (χ4v) is 2.08. The van der Waals surface area contributed by atoms with E-state index in [1.54, 1.807) is 0 Å². The van der Waals surface area contributed by atoms with Gasteiger partial charge in [0.05, 0.1) is 6.54 Å². The number of hydrogen-bond acceptors (Lipinski definition) is 4. The highest BCUT2D eigenvalue weighted by Gasteiger charge is 2.40. The highest BCUT2D eigenvalue weighted by Crippen LogP contribution is 2.23. The Morgan fingerprint density at radius 1 is 1.42 bits per heavy atom. The normalized spacial score (nSPS) is 22.3. The Hall–Kier alpha value is -1.88. The Bertz CT molecular complexity index is 448. The van der Waals surface area contributed by atoms with Crippen molar-refractivity contribution in [1.82, 2.24) is 4.90 Å². The standard InChI is InChI=1S/C14H17NO4/c1-18-14(11-16)7-8-15(10-14)13(17)19-9-12-5-3-2-4-6-12/h2-6,11H,7-10H2,1H3/t14-/m0/s1. The molecule has 0 radical (unpaired) electrons. The third-order valence-corrected chi connectivity index (χ3v) is 3.35. The molecule has 1 heterocycles. The highest BCUT2D eigenvalue weighted by atomic mass is 16.6. The molecule has 1 amide bonds. The maximum Gasteiger partial charge on any atom is 0.410 e. The van der Waals surface area contributed by atoms with E-state index in [9.17, 15) is 9.59 Å². The minimum Gasteiger partial charge on any atom is -0.445 e. The predicted octanol–water partition coefficient (Wildman–Crippen LogP) is 1.61. The van der Waals surface area contributed by atoms with E-state index in [0.29, 0.717) is 13.0 Å². The van der Waals surface area contributed by atoms with E-state index in [1.807, 2.05) is 30.3 Å². The lowest BCUT2D eigenvalue weighted by atomic mass is 10.1. The van der Waals surface area contributed by atoms with Gasteiger partial charge in [0.15, 0.2) is 6.29 Å². The monoisotopic (exact) mass is 263 g/mol. The molecule has 5 nitrogen and oxygen atoms in total. The minimum atomic E-state index is -0.869. The molecule has 0 aromatic heterocycles. The van der Waals surface area contributed by atoms with Gasteiger partial charge in [-0.2, -0.15) is 0 Å². The van der Waals surface area contributed by atoms with Crippen molar-refractivity contribution in [3.8, 4) is 0 Å². The summed E-state index contributed by atoms with van der Waals surface area (Å²) in [6.45, 7) is 0.956. The summed E-state index contributed by atoms with van der Waals surface area (Å²) >= 11 is 0. The van der Waals surface area contributed by atoms with E-state index in [4.69, 9.17) is 9.47 Å². The van der Waals surface area contributed by atoms with E-state index in [-0.39, 0.29) is 13.2 Å². The first kappa shape index (κ1) is 13.5. The number of benzene rings is 1. The molecule has 0 unspecified atom stereocenters. The molecular formula is C14H17NO4. The maximum absolute atomic E-state index is 11.9. The lowest BCUT2D eigenvalue weighted by Crippen LogP contribution is -2.39. The van der Waals surface area contributed by atoms with Crippen LogP contribution in [-0.2, 0) is 20.9 Å². The lowest BCUT2D eigenvalue weighted by molar-refractivity contribution is -0.126. The average molecular weight is 263 g/mol. The topological polar surface area (TPSA) is 55.8 Å². The zero-order valence-corrected chi connectivity index (χ0v) is 10.9. The minimum absolute atomic E-state index is 0.233. The fourth-order valence-electron chi connectivity index (χ4n) is 2.08. The van der Waals surface area contributed by atoms with Crippen molar-refractivity contribution in [2.45, 2.75) is 18.6 Å². The maximum atomic E-state index is 11.9. The van der Waals surface area contributed by atoms with Crippen LogP contribution in [0, 0.1) is 0 Å². The fraction of sp³-hybridized carbons (Fsp3) is 0.429. The van der Waals surface area contributed by atoms with Crippen molar-refractivity contribution in [1.29, 1.82) is 0 Å². The van der Waals surface area contributed by atoms with Crippen LogP contribution in [0.2, 0.25) is 0 Å². The third-order valence-electron chi connectivity index (χ3n) is 3.35. The largest absolute Gasteiger partial charge is 0.445 e. The predicted molar refractivity (Wildman–Crippen MR) is 68.6 cm³/mol. The van der Waals surface area contributed by atoms with Crippen LogP contribution < -0.4 is 0 Å². The number of amides is 1. The molecule has 1 atom stereocenters. The van der Waals surface area contributed by atoms with Gasteiger partial charge in [0.1, 0.15) is 12.2 Å². The van der Waals surface area contributed by atoms with E-state index in [0.717, 1.165) is 11.8 Å². The number of likely N-dealkylation sites (tertiary alicyclic amines) is 1. The van der Waals surface area contributed by atoms with Crippen molar-refractivity contribution < 1.29 is 19.1 Å². The Morgan fingerprint density at radius 2 is 2.16 bits per heavy atom. The van der Waals surface area contributed by atoms with Gasteiger partial charge in [0, 0.05) is 20.1 Å². The Labute approximate surface area is 112 Å². The van der Waals surface area contributed by atoms with Gasteiger partial charge in [-0.25, -0.2) is 4.79 Å². The van der Waals surface area contributed by atoms with Crippen molar-refractivity contribution in [2.24, 2.45) is 0 Å². The third kappa shape index (κ3) is 3.12. The molecule has 5 heteroatoms. The molecule has 1 aromatic rings. The van der Waals surface area contributed by atoms with Gasteiger partial charge in [0.2, 0.25) is 0 Å². The van der Waals surface area contributed by atoms with Gasteiger partial charge in [0.25, 0.3) is 0 Å². The number of ether oxygens (including phenoxy) is 2. The number of carbonyl (C=O) groups excluding carboxylic acids is 2. The molecule has 0 saturated carbocycles. The van der Waals surface area contributed by atoms with Gasteiger partial charge in [-0.3, -0.25) is 0 Å². The molecular weight excluding hydrogens is 246 g/mol. The summed E-state index contributed by atoms with van der Waals surface area (Å²) in [5.74, 6) is 0. The van der Waals surface area contributed by atoms with Crippen LogP contribution in [0.15, 0.2) is 30.3 Å². The van der Waals surface area contributed by atoms with Crippen molar-refractivity contribution in [3.05, 3.63) is 35.9 Å². The number of hydrogen-bond donors (Lipinski definition) is 0. The first-order valence-corrected chi connectivity index (χ1v) is 6.16. The number of aldehydes is 1. The Morgan fingerprint density at radius 3 is 2.74 bits per heavy atom. The first-order chi connectivity index (χ1) is 9.19. The van der Waals surface area contributed by atoms with Crippen LogP contribution in [0.5, 0.6) is 0 Å². The Kier molecular flexibility index (Phi) is 4.16. The molecule has 1 aliphatic rings. The van der Waals surface area contributed by atoms with Crippen LogP contribution in [0.4, 0.5) is 4.79 Å². The summed E-state index contributed by atoms with van der Waals surface area (Å²) in [6.07, 6.45) is 0.856. The molecule has 102 valence electrons. The van der Waals surface area contributed by atoms with E-state index in [1.165, 1.54) is 12.0 Å². The molecule has 0 N–H and O–H groups in total. The van der Waals surface area contributed by atoms with Crippen LogP contribution in [0.3, 0.4) is 0 Å². The summed E-state index contributed by atoms with van der Waals surface area (Å²) < 4.78 is 10.4. The molecule has 1 aliphatic heterocycles. The molecule has 1 saturated heterocycles. The smallest absolute Gasteiger partial charge is 0.410 e. The zero-order chi connectivity index (χ0) is 13.7. The molecule has 1 aromatic carbocycles. The zero-order valence-electron chi connectivity index (χ0n) is 10.9. The lowest BCUT2D eigenvalue weighted by Gasteiger charge is -2.21. The van der Waals surface area contributed by atoms with Gasteiger partial charge in [-0.05, 0) is 5.56 Å². The van der Waals surface area contributed by atoms with Gasteiger partial charge < -0.3 is 19.2 Å². The molecule has 2 rings (SSSR count). The summed E-state index contributed by atoms with van der Waals surface area (Å²) in [6, 6.07) is 9.47. The second kappa shape index (κ2) is 5.84. The number of methoxy groups -OCH3 is 1. The molecule has 0 aliphatic carbocycles. The van der Waals surface area contributed by atoms with Gasteiger partial charge in [-0.1, -0.05) is 30.3 Å². The van der Waals surface area contributed by atoms with Crippen molar-refractivity contribution >= 4 is 12.4 Å². The average Bonchev–Trinajstić information content (AvgIpc) is 2.91. The number of rotatable bonds is 4. The molecule has 0 spiro atoms. The molecule has 1 fully saturated rings. The van der Waals surface area contributed by atoms with Gasteiger partial charge >= 0.3 is 6.09 Å². The second-order valence-corrected chi connectivity index (χ2v) is 4.60. The molecule has 19 heavy (non-hydrogen) atoms. The summed E-state index contributed by atoms with van der Waals surface area (Å²) in [7, 11) is 1.48. The van der Waals surface area contributed by atoms with Crippen LogP contribution in [0.1, 0.15) is 12.0 Å². The van der Waals surface area contributed by atoms with Crippen molar-refractivity contribution in [2.75, 3.05) is 20.2 Å². The molecule has 0 bridgehead atoms. The highest BCUT2D eigenvalue weighted by molar-refractivity contribution is 5.72. The quantitative estimate of drug-likeness (QED) is 0.774. The Balaban J connectivity index is 1.87. The second-order valence-electron chi connectivity index (χ2n) is 4.60. The van der Waals surface area contributed by atoms with E-state index >= 15 is 0 Å². The first-order valence-electron chi connectivity index (χ1n) is 6.16. The van der Waals surface area contributed by atoms with E-state index in [2.05, 4.69) is 0 Å². The summed E-state index contributed by atoms with van der Waals surface area (Å²) in [5, 5.41) is 0. The summed E-state index contributed by atoms with van der Waals surface area (Å²) in [4.78, 5) is 24.4. The number of nitrogens with zero attached hydrogens (tertiary/aromatic N) is 1. The van der Waals surface area contributed by atoms with Crippen LogP contribution in [-0.4, -0.2) is 43.1 Å². The summed E-state index contributed by atoms with van der Waals surface area (Å²) in [5.41, 5.74) is 0.0645. The SMILES string of the molecule is CO[C@@]1(C=O)CCN(C(=O)OCc2ccccc2)C1. The van der Waals surface area contributed by atoms with Crippen molar-refractivity contribution in [3.63, 3.8) is 0 Å². The van der Waals surface area contributed by atoms with Gasteiger partial charge in [-0.15, -0.1) is 0 Å². The van der Waals surface area contributed by atoms with Crippen LogP contribution >= 0.6 is 0 Å².